The summed E-state index contributed by atoms with van der Waals surface area (Å²) >= 11 is 0. The molecule has 818 valence electrons. The molecule has 5 aromatic rings. The first-order chi connectivity index (χ1) is 67.9. The number of anilines is 5. The first-order valence-corrected chi connectivity index (χ1v) is 58.6. The van der Waals surface area contributed by atoms with Crippen molar-refractivity contribution in [3.05, 3.63) is 114 Å². The molecule has 0 bridgehead atoms. The van der Waals surface area contributed by atoms with E-state index in [2.05, 4.69) is 57.6 Å². The van der Waals surface area contributed by atoms with Gasteiger partial charge in [-0.05, 0) is 101 Å². The number of hydrogen-bond acceptors (Lipinski definition) is 30. The molecule has 0 spiro atoms. The van der Waals surface area contributed by atoms with Gasteiger partial charge in [-0.3, -0.25) is 32.4 Å². The molecule has 0 radical (unpaired) electrons. The number of aromatic nitrogens is 10. The van der Waals surface area contributed by atoms with E-state index in [9.17, 15) is 62.6 Å². The summed E-state index contributed by atoms with van der Waals surface area (Å²) in [7, 11) is -11.3. The fourth-order valence-electron chi connectivity index (χ4n) is 13.9. The summed E-state index contributed by atoms with van der Waals surface area (Å²) in [4.78, 5) is 108. The number of hydrogen-bond donors (Lipinski definition) is 10. The minimum Gasteiger partial charge on any atom is -0.779 e. The van der Waals surface area contributed by atoms with Crippen molar-refractivity contribution < 1.29 is 110 Å². The van der Waals surface area contributed by atoms with Gasteiger partial charge in [0.1, 0.15) is 49.4 Å². The molecule has 0 aromatic carbocycles. The second kappa shape index (κ2) is 94.0. The smallest absolute Gasteiger partial charge is 0.779 e. The molecule has 5 aromatic heterocycles. The van der Waals surface area contributed by atoms with E-state index in [0.29, 0.717) is 76.7 Å². The maximum absolute atomic E-state index is 12.3. The first-order valence-electron chi connectivity index (χ1n) is 53.3. The Balaban J connectivity index is 0. The molecule has 15 N–H and O–H groups in total. The van der Waals surface area contributed by atoms with Crippen molar-refractivity contribution in [2.24, 2.45) is 0 Å². The number of aliphatic hydroxyl groups is 2. The van der Waals surface area contributed by atoms with Gasteiger partial charge in [-0.1, -0.05) is 313 Å². The van der Waals surface area contributed by atoms with Gasteiger partial charge in [-0.25, -0.2) is 29.0 Å². The molecule has 6 rings (SSSR count). The van der Waals surface area contributed by atoms with Crippen molar-refractivity contribution in [1.82, 2.24) is 48.2 Å². The number of nitrogens with zero attached hydrogens (tertiary/aromatic N) is 9. The standard InChI is InChI=1S/2C28H54N3O6P.C21H45O4P.2C8H13N3O2.C4H5N3O.C4H8O.Na/c2*1-3-5-6-7-8-9-10-11-12-13-14-15-16-17-21-35-22-18-23-37-38(33,34)25-36-26(4-2)24-31-20-19-27(29)30-28(31)32;1-3-5-6-7-8-9-10-11-12-13-14-15-16-17-19-24-20-18-21-25-26(22,23)4-2;2*1-2-6(12)5-11-4-3-7(9)10-8(11)13;5-3-1-2-6-4(8)7-3;1-2-4-3-5-4;/h2*19-20,26H,3-18,21-25H2,1-2H3,(H,33,34)(H2,29,30,32);3-21H2,1-2H3,(H,22,23);2*3-4,6,12H,2,5H2,1H3,(H2,9,10,13);1-2H,(H3,5,6,7,8);4H,2-3H2,1H3;/q;;;;;;;+1/p-1/t2*26-;;2*6-;;4-;/m11.11.1./s1. The van der Waals surface area contributed by atoms with Gasteiger partial charge < -0.3 is 100 Å². The molecule has 6 heterocycles. The number of nitrogens with one attached hydrogen (secondary N) is 1. The van der Waals surface area contributed by atoms with Crippen molar-refractivity contribution in [2.75, 3.05) is 114 Å². The van der Waals surface area contributed by atoms with E-state index in [1.807, 2.05) is 27.7 Å². The second-order valence-electron chi connectivity index (χ2n) is 36.0. The van der Waals surface area contributed by atoms with Crippen molar-refractivity contribution in [3.8, 4) is 0 Å². The average Bonchev–Trinajstić information content (AvgIpc) is 1.86. The van der Waals surface area contributed by atoms with E-state index in [-0.39, 0.29) is 105 Å². The van der Waals surface area contributed by atoms with E-state index in [1.165, 1.54) is 336 Å². The van der Waals surface area contributed by atoms with Crippen LogP contribution in [-0.4, -0.2) is 184 Å². The molecule has 1 saturated heterocycles. The van der Waals surface area contributed by atoms with Gasteiger partial charge in [0, 0.05) is 76.8 Å². The van der Waals surface area contributed by atoms with Crippen LogP contribution in [0.2, 0.25) is 0 Å². The molecule has 1 aliphatic rings. The van der Waals surface area contributed by atoms with Crippen LogP contribution in [0, 0.1) is 0 Å². The van der Waals surface area contributed by atoms with Gasteiger partial charge in [-0.2, -0.15) is 19.9 Å². The van der Waals surface area contributed by atoms with Crippen molar-refractivity contribution in [3.63, 3.8) is 0 Å². The Labute approximate surface area is 872 Å². The summed E-state index contributed by atoms with van der Waals surface area (Å²) in [5, 5.41) is 18.6. The Morgan fingerprint density at radius 3 is 0.845 bits per heavy atom. The fourth-order valence-corrected chi connectivity index (χ4v) is 16.3. The van der Waals surface area contributed by atoms with Crippen molar-refractivity contribution in [1.29, 1.82) is 0 Å². The van der Waals surface area contributed by atoms with Crippen LogP contribution in [0.25, 0.3) is 0 Å². The molecule has 0 saturated carbocycles. The number of rotatable bonds is 80. The molecule has 0 amide bonds. The molecule has 0 aliphatic carbocycles. The topological polar surface area (TPSA) is 557 Å². The van der Waals surface area contributed by atoms with E-state index in [0.717, 1.165) is 45.7 Å². The Kier molecular flexibility index (Phi) is 91.7. The van der Waals surface area contributed by atoms with Gasteiger partial charge in [0.25, 0.3) is 0 Å². The van der Waals surface area contributed by atoms with E-state index >= 15 is 0 Å². The minimum absolute atomic E-state index is 0. The zero-order chi connectivity index (χ0) is 105. The zero-order valence-electron chi connectivity index (χ0n) is 88.9. The monoisotopic (exact) mass is 2080 g/mol. The van der Waals surface area contributed by atoms with Crippen LogP contribution >= 0.6 is 22.8 Å². The number of unbranched alkanes of at least 4 members (excludes halogenated alkanes) is 39. The number of H-pyrrole nitrogens is 1. The number of aromatic amines is 1. The molecular weight excluding hydrogens is 1890 g/mol. The molecule has 1 aliphatic heterocycles. The second-order valence-corrected chi connectivity index (χ2v) is 41.7. The molecule has 41 heteroatoms. The van der Waals surface area contributed by atoms with Gasteiger partial charge in [0.15, 0.2) is 0 Å². The number of ether oxygens (including phenoxy) is 6. The predicted octanol–water partition coefficient (Wildman–Crippen LogP) is 16.1. The molecular formula is C101H191N15NaO22P3. The number of nitrogen functional groups attached to an aromatic ring is 5. The maximum atomic E-state index is 12.3. The third-order valence-corrected chi connectivity index (χ3v) is 26.5. The largest absolute Gasteiger partial charge is 1.00 e. The van der Waals surface area contributed by atoms with Gasteiger partial charge in [-0.15, -0.1) is 0 Å². The van der Waals surface area contributed by atoms with Crippen LogP contribution in [0.4, 0.5) is 29.1 Å². The number of nitrogens with two attached hydrogens (primary N) is 5. The van der Waals surface area contributed by atoms with Crippen molar-refractivity contribution in [2.45, 2.75) is 440 Å². The summed E-state index contributed by atoms with van der Waals surface area (Å²) in [6, 6.07) is 7.63. The summed E-state index contributed by atoms with van der Waals surface area (Å²) in [6.45, 7) is 24.3. The Morgan fingerprint density at radius 1 is 0.380 bits per heavy atom. The zero-order valence-corrected chi connectivity index (χ0v) is 93.6. The molecule has 142 heavy (non-hydrogen) atoms. The van der Waals surface area contributed by atoms with Crippen LogP contribution in [0.3, 0.4) is 0 Å². The normalized spacial score (nSPS) is 14.1. The molecule has 37 nitrogen and oxygen atoms in total. The van der Waals surface area contributed by atoms with Crippen molar-refractivity contribution >= 4 is 51.9 Å². The third kappa shape index (κ3) is 86.5. The summed E-state index contributed by atoms with van der Waals surface area (Å²) in [5.41, 5.74) is 24.5. The van der Waals surface area contributed by atoms with E-state index in [1.54, 1.807) is 6.92 Å². The number of epoxide rings is 1. The molecule has 3 unspecified atom stereocenters. The van der Waals surface area contributed by atoms with E-state index < -0.39 is 88.3 Å². The van der Waals surface area contributed by atoms with Crippen LogP contribution in [0.15, 0.2) is 85.3 Å². The third-order valence-electron chi connectivity index (χ3n) is 23.0. The summed E-state index contributed by atoms with van der Waals surface area (Å²) < 4.78 is 88.9. The van der Waals surface area contributed by atoms with Gasteiger partial charge in [0.05, 0.1) is 83.1 Å². The fraction of sp³-hybridized carbons (Fsp3) is 0.802. The Bertz CT molecular complexity index is 4040. The van der Waals surface area contributed by atoms with Crippen LogP contribution in [-0.2, 0) is 81.9 Å². The summed E-state index contributed by atoms with van der Waals surface area (Å²) in [5.74, 6) is 1.04. The SMILES string of the molecule is CCCCCCCCCCCCCCCCOCCCOP(=O)(O)CO[C@H](CC)Cn1ccc(N)nc1=O.CCCCCCCCCCCCCCCCOCCCOP(=O)(O)CO[C@H](CC)Cn1ccc(N)nc1=O.CCCCCCCCCCCCCCCCOCCCOP(=O)([O-])CC.CC[C@@H](O)Cn1ccc(N)nc1=O.CC[C@@H](O)Cn1ccc(N)nc1=O.CC[C@@H]1CO1.Nc1ccnc(=O)[nH]1.[Na+]. The van der Waals surface area contributed by atoms with Crippen LogP contribution < -0.4 is 91.6 Å². The number of aliphatic hydroxyl groups excluding tert-OH is 2. The maximum Gasteiger partial charge on any atom is 1.00 e. The van der Waals surface area contributed by atoms with Gasteiger partial charge in [0.2, 0.25) is 0 Å². The van der Waals surface area contributed by atoms with Gasteiger partial charge >= 0.3 is 73.2 Å². The average molecular weight is 2080 g/mol. The summed E-state index contributed by atoms with van der Waals surface area (Å²) in [6.07, 6.45) is 67.1. The Morgan fingerprint density at radius 2 is 0.634 bits per heavy atom. The minimum atomic E-state index is -3.88. The first kappa shape index (κ1) is 139. The van der Waals surface area contributed by atoms with Crippen LogP contribution in [0.5, 0.6) is 0 Å². The predicted molar refractivity (Wildman–Crippen MR) is 566 cm³/mol. The molecule has 1 fully saturated rings. The van der Waals surface area contributed by atoms with E-state index in [4.69, 9.17) is 70.7 Å². The Hall–Kier alpha value is -5.47. The quantitative estimate of drug-likeness (QED) is 0.00748. The molecule has 8 atom stereocenters. The van der Waals surface area contributed by atoms with Crippen LogP contribution in [0.1, 0.15) is 383 Å².